The van der Waals surface area contributed by atoms with Crippen LogP contribution in [-0.4, -0.2) is 5.97 Å². The van der Waals surface area contributed by atoms with E-state index in [0.29, 0.717) is 5.56 Å². The van der Waals surface area contributed by atoms with Crippen LogP contribution in [0.3, 0.4) is 0 Å². The molecule has 0 saturated heterocycles. The molecule has 90 valence electrons. The molecule has 0 atom stereocenters. The van der Waals surface area contributed by atoms with Crippen molar-refractivity contribution in [3.05, 3.63) is 35.4 Å². The SMILES string of the molecule is CCCCC#COC(=O)c1ccccc1CC. The maximum atomic E-state index is 11.7. The van der Waals surface area contributed by atoms with Crippen LogP contribution in [0.1, 0.15) is 49.0 Å². The van der Waals surface area contributed by atoms with Gasteiger partial charge in [0.1, 0.15) is 6.11 Å². The van der Waals surface area contributed by atoms with Crippen LogP contribution in [0.15, 0.2) is 24.3 Å². The minimum Gasteiger partial charge on any atom is -0.369 e. The molecule has 0 unspecified atom stereocenters. The quantitative estimate of drug-likeness (QED) is 0.449. The molecule has 0 radical (unpaired) electrons. The van der Waals surface area contributed by atoms with Crippen molar-refractivity contribution in [2.24, 2.45) is 0 Å². The van der Waals surface area contributed by atoms with Gasteiger partial charge in [-0.15, -0.1) is 0 Å². The molecule has 0 amide bonds. The van der Waals surface area contributed by atoms with E-state index in [9.17, 15) is 4.79 Å². The van der Waals surface area contributed by atoms with E-state index in [-0.39, 0.29) is 5.97 Å². The highest BCUT2D eigenvalue weighted by molar-refractivity contribution is 5.91. The largest absolute Gasteiger partial charge is 0.369 e. The lowest BCUT2D eigenvalue weighted by Gasteiger charge is -2.03. The molecular formula is C15H18O2. The van der Waals surface area contributed by atoms with Crippen molar-refractivity contribution in [1.29, 1.82) is 0 Å². The van der Waals surface area contributed by atoms with E-state index in [0.717, 1.165) is 31.2 Å². The summed E-state index contributed by atoms with van der Waals surface area (Å²) in [5.41, 5.74) is 1.60. The van der Waals surface area contributed by atoms with E-state index >= 15 is 0 Å². The third kappa shape index (κ3) is 4.32. The Balaban J connectivity index is 2.60. The predicted octanol–water partition coefficient (Wildman–Crippen LogP) is 3.56. The van der Waals surface area contributed by atoms with Gasteiger partial charge in [-0.3, -0.25) is 0 Å². The van der Waals surface area contributed by atoms with Gasteiger partial charge in [-0.1, -0.05) is 44.4 Å². The summed E-state index contributed by atoms with van der Waals surface area (Å²) in [6.07, 6.45) is 6.20. The molecule has 2 nitrogen and oxygen atoms in total. The van der Waals surface area contributed by atoms with Crippen molar-refractivity contribution in [3.63, 3.8) is 0 Å². The maximum absolute atomic E-state index is 11.7. The lowest BCUT2D eigenvalue weighted by Crippen LogP contribution is -2.04. The molecule has 0 aliphatic rings. The van der Waals surface area contributed by atoms with Crippen molar-refractivity contribution in [2.75, 3.05) is 0 Å². The summed E-state index contributed by atoms with van der Waals surface area (Å²) in [6, 6.07) is 7.46. The van der Waals surface area contributed by atoms with Gasteiger partial charge in [0.05, 0.1) is 5.56 Å². The number of carbonyl (C=O) groups is 1. The van der Waals surface area contributed by atoms with Crippen LogP contribution in [0.4, 0.5) is 0 Å². The first-order chi connectivity index (χ1) is 8.29. The molecule has 0 bridgehead atoms. The molecule has 0 saturated carbocycles. The van der Waals surface area contributed by atoms with Gasteiger partial charge in [0.15, 0.2) is 0 Å². The second-order valence-corrected chi connectivity index (χ2v) is 3.78. The molecule has 1 aromatic rings. The zero-order chi connectivity index (χ0) is 12.5. The number of ether oxygens (including phenoxy) is 1. The Morgan fingerprint density at radius 3 is 2.76 bits per heavy atom. The van der Waals surface area contributed by atoms with Gasteiger partial charge in [0, 0.05) is 6.42 Å². The van der Waals surface area contributed by atoms with Gasteiger partial charge in [-0.2, -0.15) is 0 Å². The van der Waals surface area contributed by atoms with E-state index in [1.807, 2.05) is 25.1 Å². The normalized spacial score (nSPS) is 9.29. The van der Waals surface area contributed by atoms with E-state index in [1.165, 1.54) is 0 Å². The molecule has 0 N–H and O–H groups in total. The number of hydrogen-bond acceptors (Lipinski definition) is 2. The van der Waals surface area contributed by atoms with Gasteiger partial charge in [0.2, 0.25) is 0 Å². The summed E-state index contributed by atoms with van der Waals surface area (Å²) >= 11 is 0. The van der Waals surface area contributed by atoms with Crippen LogP contribution in [-0.2, 0) is 11.2 Å². The van der Waals surface area contributed by atoms with Crippen molar-refractivity contribution in [2.45, 2.75) is 39.5 Å². The van der Waals surface area contributed by atoms with Crippen LogP contribution in [0.25, 0.3) is 0 Å². The van der Waals surface area contributed by atoms with Crippen molar-refractivity contribution < 1.29 is 9.53 Å². The van der Waals surface area contributed by atoms with Gasteiger partial charge < -0.3 is 4.74 Å². The maximum Gasteiger partial charge on any atom is 0.352 e. The zero-order valence-electron chi connectivity index (χ0n) is 10.5. The number of benzene rings is 1. The molecule has 1 rings (SSSR count). The van der Waals surface area contributed by atoms with Crippen molar-refractivity contribution in [1.82, 2.24) is 0 Å². The Morgan fingerprint density at radius 1 is 1.29 bits per heavy atom. The molecule has 0 spiro atoms. The minimum absolute atomic E-state index is 0.355. The smallest absolute Gasteiger partial charge is 0.352 e. The second kappa shape index (κ2) is 7.51. The van der Waals surface area contributed by atoms with Crippen LogP contribution in [0.2, 0.25) is 0 Å². The highest BCUT2D eigenvalue weighted by Crippen LogP contribution is 2.10. The molecule has 0 aliphatic heterocycles. The summed E-state index contributed by atoms with van der Waals surface area (Å²) in [4.78, 5) is 11.7. The Labute approximate surface area is 103 Å². The Bertz CT molecular complexity index is 424. The first-order valence-corrected chi connectivity index (χ1v) is 6.06. The van der Waals surface area contributed by atoms with Crippen LogP contribution in [0.5, 0.6) is 0 Å². The molecule has 1 aromatic carbocycles. The molecule has 17 heavy (non-hydrogen) atoms. The lowest BCUT2D eigenvalue weighted by atomic mass is 10.1. The Morgan fingerprint density at radius 2 is 2.06 bits per heavy atom. The summed E-state index contributed by atoms with van der Waals surface area (Å²) in [5.74, 6) is 2.48. The fourth-order valence-corrected chi connectivity index (χ4v) is 1.48. The standard InChI is InChI=1S/C15H18O2/c1-3-5-6-9-12-17-15(16)14-11-8-7-10-13(14)4-2/h7-8,10-11H,3-6H2,1-2H3. The van der Waals surface area contributed by atoms with Crippen molar-refractivity contribution in [3.8, 4) is 12.0 Å². The van der Waals surface area contributed by atoms with Crippen LogP contribution >= 0.6 is 0 Å². The van der Waals surface area contributed by atoms with Gasteiger partial charge in [0.25, 0.3) is 0 Å². The van der Waals surface area contributed by atoms with Crippen LogP contribution in [0, 0.1) is 12.0 Å². The Hall–Kier alpha value is -1.75. The number of rotatable bonds is 4. The predicted molar refractivity (Wildman–Crippen MR) is 68.5 cm³/mol. The summed E-state index contributed by atoms with van der Waals surface area (Å²) in [6.45, 7) is 4.12. The third-order valence-electron chi connectivity index (χ3n) is 2.49. The number of hydrogen-bond donors (Lipinski definition) is 0. The van der Waals surface area contributed by atoms with E-state index in [2.05, 4.69) is 19.0 Å². The topological polar surface area (TPSA) is 26.3 Å². The number of aryl methyl sites for hydroxylation is 1. The highest BCUT2D eigenvalue weighted by atomic mass is 16.5. The summed E-state index contributed by atoms with van der Waals surface area (Å²) < 4.78 is 4.92. The monoisotopic (exact) mass is 230 g/mol. The number of unbranched alkanes of at least 4 members (excludes halogenated alkanes) is 2. The fourth-order valence-electron chi connectivity index (χ4n) is 1.48. The third-order valence-corrected chi connectivity index (χ3v) is 2.49. The van der Waals surface area contributed by atoms with Gasteiger partial charge in [-0.05, 0) is 24.5 Å². The second-order valence-electron chi connectivity index (χ2n) is 3.78. The fraction of sp³-hybridized carbons (Fsp3) is 0.400. The van der Waals surface area contributed by atoms with Gasteiger partial charge in [-0.25, -0.2) is 4.79 Å². The van der Waals surface area contributed by atoms with Crippen LogP contribution < -0.4 is 0 Å². The summed E-state index contributed by atoms with van der Waals surface area (Å²) in [5, 5.41) is 0. The van der Waals surface area contributed by atoms with E-state index in [4.69, 9.17) is 4.74 Å². The first-order valence-electron chi connectivity index (χ1n) is 6.06. The molecule has 0 aromatic heterocycles. The Kier molecular flexibility index (Phi) is 5.88. The van der Waals surface area contributed by atoms with Gasteiger partial charge >= 0.3 is 5.97 Å². The molecular weight excluding hydrogens is 212 g/mol. The van der Waals surface area contributed by atoms with Crippen molar-refractivity contribution >= 4 is 5.97 Å². The average Bonchev–Trinajstić information content (AvgIpc) is 2.38. The molecule has 0 fully saturated rings. The first kappa shape index (κ1) is 13.3. The number of esters is 1. The summed E-state index contributed by atoms with van der Waals surface area (Å²) in [7, 11) is 0. The minimum atomic E-state index is -0.355. The zero-order valence-corrected chi connectivity index (χ0v) is 10.5. The molecule has 2 heteroatoms. The highest BCUT2D eigenvalue weighted by Gasteiger charge is 2.09. The number of carbonyl (C=O) groups excluding carboxylic acids is 1. The average molecular weight is 230 g/mol. The molecule has 0 aliphatic carbocycles. The molecule has 0 heterocycles. The van der Waals surface area contributed by atoms with E-state index in [1.54, 1.807) is 6.07 Å². The van der Waals surface area contributed by atoms with E-state index < -0.39 is 0 Å². The lowest BCUT2D eigenvalue weighted by molar-refractivity contribution is 0.0689.